The molecule has 2 heterocycles. The zero-order valence-electron chi connectivity index (χ0n) is 17.7. The number of rotatable bonds is 5. The lowest BCUT2D eigenvalue weighted by Gasteiger charge is -2.18. The molecule has 2 aromatic heterocycles. The number of imidazole rings is 1. The Morgan fingerprint density at radius 2 is 1.97 bits per heavy atom. The second-order valence-corrected chi connectivity index (χ2v) is 8.17. The largest absolute Gasteiger partial charge is 0.434 e. The van der Waals surface area contributed by atoms with Crippen molar-refractivity contribution in [1.29, 1.82) is 0 Å². The van der Waals surface area contributed by atoms with E-state index in [1.54, 1.807) is 19.1 Å². The summed E-state index contributed by atoms with van der Waals surface area (Å²) in [5.41, 5.74) is 0.0793. The van der Waals surface area contributed by atoms with Crippen LogP contribution in [0.25, 0.3) is 17.1 Å². The molecule has 4 aromatic rings. The molecule has 8 nitrogen and oxygen atoms in total. The fraction of sp³-hybridized carbons (Fsp3) is 0.227. The van der Waals surface area contributed by atoms with E-state index in [0.29, 0.717) is 35.3 Å². The molecule has 0 bridgehead atoms. The van der Waals surface area contributed by atoms with Crippen molar-refractivity contribution in [3.05, 3.63) is 71.6 Å². The third kappa shape index (κ3) is 3.80. The third-order valence-corrected chi connectivity index (χ3v) is 5.83. The molecule has 0 spiro atoms. The van der Waals surface area contributed by atoms with Gasteiger partial charge in [-0.25, -0.2) is 14.5 Å². The number of hydrogen-bond donors (Lipinski definition) is 2. The number of tetrazole rings is 1. The van der Waals surface area contributed by atoms with E-state index in [0.717, 1.165) is 18.1 Å². The number of aromatic amines is 1. The maximum absolute atomic E-state index is 14.6. The molecule has 2 aromatic carbocycles. The zero-order valence-corrected chi connectivity index (χ0v) is 17.7. The molecule has 174 valence electrons. The van der Waals surface area contributed by atoms with Crippen LogP contribution in [0.3, 0.4) is 0 Å². The van der Waals surface area contributed by atoms with Gasteiger partial charge in [0.05, 0.1) is 17.4 Å². The molecule has 34 heavy (non-hydrogen) atoms. The van der Waals surface area contributed by atoms with E-state index >= 15 is 0 Å². The number of alkyl halides is 3. The van der Waals surface area contributed by atoms with Gasteiger partial charge in [0, 0.05) is 23.0 Å². The summed E-state index contributed by atoms with van der Waals surface area (Å²) < 4.78 is 54.8. The van der Waals surface area contributed by atoms with Crippen molar-refractivity contribution >= 4 is 11.6 Å². The van der Waals surface area contributed by atoms with Crippen LogP contribution in [0.4, 0.5) is 23.2 Å². The second kappa shape index (κ2) is 7.75. The summed E-state index contributed by atoms with van der Waals surface area (Å²) >= 11 is 0. The van der Waals surface area contributed by atoms with Gasteiger partial charge < -0.3 is 9.88 Å². The number of nitrogens with zero attached hydrogens (tertiary/aromatic N) is 5. The van der Waals surface area contributed by atoms with Gasteiger partial charge >= 0.3 is 6.18 Å². The van der Waals surface area contributed by atoms with Gasteiger partial charge in [-0.1, -0.05) is 12.1 Å². The van der Waals surface area contributed by atoms with E-state index in [-0.39, 0.29) is 11.7 Å². The second-order valence-electron chi connectivity index (χ2n) is 8.17. The fourth-order valence-electron chi connectivity index (χ4n) is 3.91. The Labute approximate surface area is 190 Å². The van der Waals surface area contributed by atoms with Crippen molar-refractivity contribution in [1.82, 2.24) is 30.2 Å². The summed E-state index contributed by atoms with van der Waals surface area (Å²) in [6.07, 6.45) is -1.71. The highest BCUT2D eigenvalue weighted by molar-refractivity contribution is 6.02. The minimum Gasteiger partial charge on any atom is -0.325 e. The molecule has 1 aliphatic rings. The molecular formula is C22H17F4N7O. The molecular weight excluding hydrogens is 454 g/mol. The van der Waals surface area contributed by atoms with Gasteiger partial charge in [0.1, 0.15) is 5.82 Å². The van der Waals surface area contributed by atoms with E-state index in [2.05, 4.69) is 30.9 Å². The average molecular weight is 471 g/mol. The van der Waals surface area contributed by atoms with Gasteiger partial charge in [-0.3, -0.25) is 4.79 Å². The van der Waals surface area contributed by atoms with Gasteiger partial charge in [-0.2, -0.15) is 13.2 Å². The Morgan fingerprint density at radius 3 is 2.59 bits per heavy atom. The monoisotopic (exact) mass is 471 g/mol. The van der Waals surface area contributed by atoms with Crippen LogP contribution in [0.5, 0.6) is 0 Å². The van der Waals surface area contributed by atoms with Gasteiger partial charge in [-0.05, 0) is 60.0 Å². The van der Waals surface area contributed by atoms with Crippen LogP contribution in [0.2, 0.25) is 0 Å². The van der Waals surface area contributed by atoms with E-state index in [9.17, 15) is 22.4 Å². The number of aryl methyl sites for hydroxylation is 1. The molecule has 0 radical (unpaired) electrons. The minimum absolute atomic E-state index is 0.180. The molecule has 2 N–H and O–H groups in total. The lowest BCUT2D eigenvalue weighted by Crippen LogP contribution is -2.28. The van der Waals surface area contributed by atoms with Crippen LogP contribution >= 0.6 is 0 Å². The van der Waals surface area contributed by atoms with Gasteiger partial charge in [-0.15, -0.1) is 5.10 Å². The number of H-pyrrole nitrogens is 1. The maximum Gasteiger partial charge on any atom is 0.434 e. The molecule has 1 aliphatic carbocycles. The lowest BCUT2D eigenvalue weighted by atomic mass is 9.93. The average Bonchev–Trinajstić information content (AvgIpc) is 3.18. The molecule has 1 fully saturated rings. The first kappa shape index (κ1) is 21.7. The third-order valence-electron chi connectivity index (χ3n) is 5.83. The summed E-state index contributed by atoms with van der Waals surface area (Å²) in [4.78, 5) is 16.6. The summed E-state index contributed by atoms with van der Waals surface area (Å²) in [6, 6.07) is 9.37. The zero-order chi connectivity index (χ0) is 24.1. The Balaban J connectivity index is 1.48. The topological polar surface area (TPSA) is 101 Å². The number of amides is 1. The number of anilines is 1. The number of hydrogen-bond acceptors (Lipinski definition) is 5. The van der Waals surface area contributed by atoms with E-state index < -0.39 is 23.1 Å². The van der Waals surface area contributed by atoms with Gasteiger partial charge in [0.2, 0.25) is 5.91 Å². The highest BCUT2D eigenvalue weighted by atomic mass is 19.4. The lowest BCUT2D eigenvalue weighted by molar-refractivity contribution is -0.140. The Hall–Kier alpha value is -4.09. The molecule has 0 atom stereocenters. The Morgan fingerprint density at radius 1 is 1.18 bits per heavy atom. The van der Waals surface area contributed by atoms with Gasteiger partial charge in [0.25, 0.3) is 0 Å². The van der Waals surface area contributed by atoms with E-state index in [1.165, 1.54) is 28.8 Å². The SMILES string of the molecule is Cc1ccc(C2(C(=O)Nc3ccc(-n4cnc(C(F)(F)F)c4)c(-c4nnn[nH]4)c3)CC2)c(F)c1. The molecule has 0 unspecified atom stereocenters. The predicted molar refractivity (Wildman–Crippen MR) is 112 cm³/mol. The van der Waals surface area contributed by atoms with Crippen LogP contribution in [0.1, 0.15) is 29.7 Å². The number of nitrogens with one attached hydrogen (secondary N) is 2. The van der Waals surface area contributed by atoms with Crippen molar-refractivity contribution in [2.75, 3.05) is 5.32 Å². The van der Waals surface area contributed by atoms with Crippen LogP contribution < -0.4 is 5.32 Å². The summed E-state index contributed by atoms with van der Waals surface area (Å²) in [6.45, 7) is 1.77. The number of carbonyl (C=O) groups is 1. The number of aromatic nitrogens is 6. The first-order chi connectivity index (χ1) is 16.2. The van der Waals surface area contributed by atoms with Crippen molar-refractivity contribution in [2.24, 2.45) is 0 Å². The Kier molecular flexibility index (Phi) is 4.95. The van der Waals surface area contributed by atoms with Crippen molar-refractivity contribution in [2.45, 2.75) is 31.4 Å². The normalized spacial score (nSPS) is 14.7. The number of benzene rings is 2. The molecule has 1 amide bonds. The fourth-order valence-corrected chi connectivity index (χ4v) is 3.91. The molecule has 12 heteroatoms. The first-order valence-corrected chi connectivity index (χ1v) is 10.3. The summed E-state index contributed by atoms with van der Waals surface area (Å²) in [7, 11) is 0. The quantitative estimate of drug-likeness (QED) is 0.425. The van der Waals surface area contributed by atoms with Crippen molar-refractivity contribution in [3.63, 3.8) is 0 Å². The highest BCUT2D eigenvalue weighted by Gasteiger charge is 2.52. The Bertz CT molecular complexity index is 1370. The minimum atomic E-state index is -4.60. The summed E-state index contributed by atoms with van der Waals surface area (Å²) in [5, 5.41) is 16.3. The molecule has 0 aliphatic heterocycles. The van der Waals surface area contributed by atoms with Crippen LogP contribution in [0.15, 0.2) is 48.9 Å². The number of halogens is 4. The highest BCUT2D eigenvalue weighted by Crippen LogP contribution is 2.50. The number of carbonyl (C=O) groups excluding carboxylic acids is 1. The van der Waals surface area contributed by atoms with Crippen LogP contribution in [-0.4, -0.2) is 36.1 Å². The predicted octanol–water partition coefficient (Wildman–Crippen LogP) is 4.19. The maximum atomic E-state index is 14.6. The van der Waals surface area contributed by atoms with Crippen molar-refractivity contribution in [3.8, 4) is 17.1 Å². The van der Waals surface area contributed by atoms with Crippen LogP contribution in [-0.2, 0) is 16.4 Å². The van der Waals surface area contributed by atoms with Gasteiger partial charge in [0.15, 0.2) is 11.5 Å². The smallest absolute Gasteiger partial charge is 0.325 e. The van der Waals surface area contributed by atoms with Crippen LogP contribution in [0, 0.1) is 12.7 Å². The molecule has 1 saturated carbocycles. The van der Waals surface area contributed by atoms with E-state index in [4.69, 9.17) is 0 Å². The van der Waals surface area contributed by atoms with E-state index in [1.807, 2.05) is 0 Å². The standard InChI is InChI=1S/C22H17F4N7O/c1-12-2-4-15(16(23)8-12)21(6-7-21)20(34)28-13-3-5-17(14(9-13)19-29-31-32-30-19)33-10-18(27-11-33)22(24,25)26/h2-5,8-11H,6-7H2,1H3,(H,28,34)(H,29,30,31,32). The molecule has 0 saturated heterocycles. The molecule has 5 rings (SSSR count). The van der Waals surface area contributed by atoms with Crippen molar-refractivity contribution < 1.29 is 22.4 Å². The first-order valence-electron chi connectivity index (χ1n) is 10.3. The summed E-state index contributed by atoms with van der Waals surface area (Å²) in [5.74, 6) is -0.622.